The zero-order valence-electron chi connectivity index (χ0n) is 29.1. The van der Waals surface area contributed by atoms with Gasteiger partial charge in [-0.2, -0.15) is 0 Å². The Morgan fingerprint density at radius 1 is 0.837 bits per heavy atom. The fraction of sp³-hybridized carbons (Fsp3) is 0.156. The maximum Gasteiger partial charge on any atom is 0.271 e. The number of allylic oxidation sites excluding steroid dienone is 4. The van der Waals surface area contributed by atoms with Crippen LogP contribution in [-0.2, 0) is 5.41 Å². The van der Waals surface area contributed by atoms with E-state index in [-0.39, 0.29) is 12.1 Å². The highest BCUT2D eigenvalue weighted by atomic mass is 15.2. The summed E-state index contributed by atoms with van der Waals surface area (Å²) >= 11 is 0. The van der Waals surface area contributed by atoms with Crippen molar-refractivity contribution in [1.82, 2.24) is 4.57 Å². The number of hydrogen-bond donors (Lipinski definition) is 1. The molecule has 0 atom stereocenters. The molecular weight excluding hydrogens is 593 g/mol. The van der Waals surface area contributed by atoms with E-state index in [2.05, 4.69) is 165 Å². The van der Waals surface area contributed by atoms with Gasteiger partial charge in [-0.1, -0.05) is 117 Å². The van der Waals surface area contributed by atoms with E-state index in [9.17, 15) is 0 Å². The number of benzene rings is 5. The molecule has 2 aliphatic rings. The number of rotatable bonds is 5. The van der Waals surface area contributed by atoms with E-state index in [1.54, 1.807) is 0 Å². The van der Waals surface area contributed by atoms with Gasteiger partial charge in [-0.25, -0.2) is 0 Å². The maximum absolute atomic E-state index is 6.41. The number of aromatic nitrogens is 1. The van der Waals surface area contributed by atoms with Crippen LogP contribution in [0.25, 0.3) is 27.7 Å². The number of terminal acetylenes is 1. The van der Waals surface area contributed by atoms with Crippen molar-refractivity contribution in [2.75, 3.05) is 10.2 Å². The van der Waals surface area contributed by atoms with Gasteiger partial charge in [-0.3, -0.25) is 0 Å². The minimum Gasteiger partial charge on any atom is -0.356 e. The number of anilines is 5. The monoisotopic (exact) mass is 633 g/mol. The molecule has 8 rings (SSSR count). The third kappa shape index (κ3) is 4.76. The Labute approximate surface area is 290 Å². The fourth-order valence-electron chi connectivity index (χ4n) is 7.89. The van der Waals surface area contributed by atoms with Crippen molar-refractivity contribution < 1.29 is 0 Å². The first-order valence-corrected chi connectivity index (χ1v) is 17.2. The van der Waals surface area contributed by atoms with E-state index in [0.29, 0.717) is 0 Å². The van der Waals surface area contributed by atoms with Crippen molar-refractivity contribution in [2.45, 2.75) is 47.0 Å². The third-order valence-corrected chi connectivity index (χ3v) is 10.1. The summed E-state index contributed by atoms with van der Waals surface area (Å²) in [5.74, 6) is 3.09. The molecule has 0 spiro atoms. The predicted octanol–water partition coefficient (Wildman–Crippen LogP) is 9.63. The van der Waals surface area contributed by atoms with Gasteiger partial charge in [0.15, 0.2) is 0 Å². The molecular formula is C45H40BN3. The van der Waals surface area contributed by atoms with Crippen molar-refractivity contribution in [3.05, 3.63) is 138 Å². The zero-order chi connectivity index (χ0) is 34.0. The number of para-hydroxylation sites is 1. The van der Waals surface area contributed by atoms with E-state index in [1.165, 1.54) is 66.8 Å². The molecule has 1 aromatic heterocycles. The minimum absolute atomic E-state index is 0.0799. The highest BCUT2D eigenvalue weighted by Gasteiger charge is 2.45. The summed E-state index contributed by atoms with van der Waals surface area (Å²) in [4.78, 5) is 2.51. The topological polar surface area (TPSA) is 20.2 Å². The summed E-state index contributed by atoms with van der Waals surface area (Å²) in [7, 11) is 0. The molecule has 0 bridgehead atoms. The number of nitrogens with zero attached hydrogens (tertiary/aromatic N) is 2. The molecule has 2 aliphatic heterocycles. The van der Waals surface area contributed by atoms with Crippen LogP contribution in [0, 0.1) is 26.2 Å². The molecule has 5 aromatic carbocycles. The summed E-state index contributed by atoms with van der Waals surface area (Å²) in [5.41, 5.74) is 17.6. The summed E-state index contributed by atoms with van der Waals surface area (Å²) < 4.78 is 2.36. The molecule has 49 heavy (non-hydrogen) atoms. The van der Waals surface area contributed by atoms with E-state index < -0.39 is 0 Å². The average molecular weight is 634 g/mol. The second-order valence-corrected chi connectivity index (χ2v) is 14.3. The van der Waals surface area contributed by atoms with Crippen molar-refractivity contribution >= 4 is 68.3 Å². The SMILES string of the molecule is C#C/C(=C\C=C/C)n1c2c3c4c(cccc41)-c1ccccc1N3c1cc(C)cc(Nc3ccc(C(C)(C)C)cc3)c1B2c1ccccc1C. The molecule has 0 aliphatic carbocycles. The van der Waals surface area contributed by atoms with Crippen molar-refractivity contribution in [3.8, 4) is 23.5 Å². The van der Waals surface area contributed by atoms with Crippen LogP contribution in [0.4, 0.5) is 28.4 Å². The van der Waals surface area contributed by atoms with Gasteiger partial charge < -0.3 is 14.8 Å². The first-order valence-electron chi connectivity index (χ1n) is 17.2. The first kappa shape index (κ1) is 30.7. The average Bonchev–Trinajstić information content (AvgIpc) is 3.43. The zero-order valence-corrected chi connectivity index (χ0v) is 29.1. The Morgan fingerprint density at radius 3 is 2.31 bits per heavy atom. The Balaban J connectivity index is 1.51. The molecule has 4 heteroatoms. The highest BCUT2D eigenvalue weighted by Crippen LogP contribution is 2.53. The Bertz CT molecular complexity index is 2390. The lowest BCUT2D eigenvalue weighted by atomic mass is 9.35. The summed E-state index contributed by atoms with van der Waals surface area (Å²) in [6, 6.07) is 37.9. The van der Waals surface area contributed by atoms with Gasteiger partial charge in [0.2, 0.25) is 0 Å². The van der Waals surface area contributed by atoms with Gasteiger partial charge in [0.1, 0.15) is 0 Å². The molecule has 1 N–H and O–H groups in total. The van der Waals surface area contributed by atoms with Gasteiger partial charge in [0, 0.05) is 33.6 Å². The van der Waals surface area contributed by atoms with Gasteiger partial charge in [0.05, 0.1) is 22.6 Å². The fourth-order valence-corrected chi connectivity index (χ4v) is 7.89. The van der Waals surface area contributed by atoms with E-state index >= 15 is 0 Å². The van der Waals surface area contributed by atoms with Crippen LogP contribution >= 0.6 is 0 Å². The van der Waals surface area contributed by atoms with E-state index in [0.717, 1.165) is 22.6 Å². The first-order chi connectivity index (χ1) is 23.7. The van der Waals surface area contributed by atoms with Crippen LogP contribution in [0.15, 0.2) is 121 Å². The Morgan fingerprint density at radius 2 is 1.57 bits per heavy atom. The maximum atomic E-state index is 6.41. The van der Waals surface area contributed by atoms with Crippen LogP contribution < -0.4 is 26.7 Å². The minimum atomic E-state index is -0.104. The number of nitrogens with one attached hydrogen (secondary N) is 1. The molecule has 3 nitrogen and oxygen atoms in total. The second kappa shape index (κ2) is 11.5. The van der Waals surface area contributed by atoms with Gasteiger partial charge >= 0.3 is 0 Å². The molecule has 0 saturated carbocycles. The highest BCUT2D eigenvalue weighted by molar-refractivity contribution is 6.99. The normalized spacial score (nSPS) is 13.4. The largest absolute Gasteiger partial charge is 0.356 e. The summed E-state index contributed by atoms with van der Waals surface area (Å²) in [6.07, 6.45) is 12.5. The van der Waals surface area contributed by atoms with Crippen molar-refractivity contribution in [2.24, 2.45) is 0 Å². The quantitative estimate of drug-likeness (QED) is 0.116. The summed E-state index contributed by atoms with van der Waals surface area (Å²) in [5, 5.41) is 5.15. The van der Waals surface area contributed by atoms with Crippen LogP contribution in [0.2, 0.25) is 0 Å². The Kier molecular flexibility index (Phi) is 7.20. The van der Waals surface area contributed by atoms with Crippen LogP contribution in [0.1, 0.15) is 44.4 Å². The summed E-state index contributed by atoms with van der Waals surface area (Å²) in [6.45, 7) is 13.1. The molecule has 6 aromatic rings. The second-order valence-electron chi connectivity index (χ2n) is 14.3. The number of aryl methyl sites for hydroxylation is 2. The standard InChI is InChI=1S/C45H40BN3/c1-8-10-17-33(9-2)48-39-22-15-19-35-34-18-12-14-21-38(34)49-40-28-29(3)27-37(47-32-25-23-31(24-26-32)45(5,6)7)42(40)46(44(48)43(49)41(35)39)36-20-13-11-16-30(36)4/h2,8,10-28,47H,1,3-7H3/b10-8-,33-17+. The van der Waals surface area contributed by atoms with Gasteiger partial charge in [-0.05, 0) is 90.8 Å². The van der Waals surface area contributed by atoms with Crippen LogP contribution in [0.5, 0.6) is 0 Å². The van der Waals surface area contributed by atoms with Crippen LogP contribution in [0.3, 0.4) is 0 Å². The predicted molar refractivity (Wildman–Crippen MR) is 213 cm³/mol. The van der Waals surface area contributed by atoms with Crippen molar-refractivity contribution in [3.63, 3.8) is 0 Å². The molecule has 0 amide bonds. The Hall–Kier alpha value is -5.66. The van der Waals surface area contributed by atoms with Crippen LogP contribution in [-0.4, -0.2) is 11.3 Å². The lowest BCUT2D eigenvalue weighted by Gasteiger charge is -2.40. The van der Waals surface area contributed by atoms with Gasteiger partial charge in [-0.15, -0.1) is 6.42 Å². The third-order valence-electron chi connectivity index (χ3n) is 10.1. The lowest BCUT2D eigenvalue weighted by Crippen LogP contribution is -2.60. The molecule has 3 heterocycles. The molecule has 238 valence electrons. The number of fused-ring (bicyclic) bond motifs is 5. The van der Waals surface area contributed by atoms with E-state index in [1.807, 2.05) is 19.1 Å². The molecule has 0 saturated heterocycles. The van der Waals surface area contributed by atoms with Crippen molar-refractivity contribution in [1.29, 1.82) is 0 Å². The van der Waals surface area contributed by atoms with Gasteiger partial charge in [0.25, 0.3) is 6.71 Å². The number of hydrogen-bond acceptors (Lipinski definition) is 2. The van der Waals surface area contributed by atoms with E-state index in [4.69, 9.17) is 6.42 Å². The molecule has 0 radical (unpaired) electrons. The lowest BCUT2D eigenvalue weighted by molar-refractivity contribution is 0.590. The molecule has 0 unspecified atom stereocenters. The molecule has 0 fully saturated rings. The smallest absolute Gasteiger partial charge is 0.271 e.